The Labute approximate surface area is 112 Å². The third-order valence-electron chi connectivity index (χ3n) is 3.32. The van der Waals surface area contributed by atoms with E-state index in [2.05, 4.69) is 11.8 Å². The van der Waals surface area contributed by atoms with Crippen LogP contribution in [0.4, 0.5) is 0 Å². The van der Waals surface area contributed by atoms with Gasteiger partial charge in [-0.25, -0.2) is 0 Å². The van der Waals surface area contributed by atoms with Crippen molar-refractivity contribution in [3.63, 3.8) is 0 Å². The van der Waals surface area contributed by atoms with E-state index in [4.69, 9.17) is 5.73 Å². The smallest absolute Gasteiger partial charge is 0.263 e. The molecule has 1 aliphatic carbocycles. The maximum Gasteiger partial charge on any atom is 0.263 e. The van der Waals surface area contributed by atoms with Crippen LogP contribution in [0.25, 0.3) is 0 Å². The van der Waals surface area contributed by atoms with Crippen molar-refractivity contribution < 1.29 is 4.79 Å². The molecule has 96 valence electrons. The number of nitrogens with two attached hydrogens (primary N) is 1. The maximum absolute atomic E-state index is 12.3. The summed E-state index contributed by atoms with van der Waals surface area (Å²) in [5, 5.41) is 0. The second-order valence-corrected chi connectivity index (χ2v) is 5.61. The third-order valence-corrected chi connectivity index (χ3v) is 4.31. The van der Waals surface area contributed by atoms with Crippen molar-refractivity contribution in [2.45, 2.75) is 31.7 Å². The van der Waals surface area contributed by atoms with E-state index >= 15 is 0 Å². The zero-order valence-corrected chi connectivity index (χ0v) is 11.4. The molecule has 1 saturated carbocycles. The van der Waals surface area contributed by atoms with Crippen LogP contribution in [0.5, 0.6) is 0 Å². The van der Waals surface area contributed by atoms with Gasteiger partial charge in [-0.3, -0.25) is 4.79 Å². The molecule has 1 heterocycles. The monoisotopic (exact) mass is 262 g/mol. The van der Waals surface area contributed by atoms with Crippen molar-refractivity contribution in [3.05, 3.63) is 21.9 Å². The number of rotatable bonds is 2. The zero-order chi connectivity index (χ0) is 13.0. The molecule has 0 spiro atoms. The van der Waals surface area contributed by atoms with E-state index in [1.807, 2.05) is 24.1 Å². The van der Waals surface area contributed by atoms with Gasteiger partial charge in [0.2, 0.25) is 0 Å². The van der Waals surface area contributed by atoms with Crippen LogP contribution in [0.3, 0.4) is 0 Å². The molecular weight excluding hydrogens is 244 g/mol. The molecule has 2 N–H and O–H groups in total. The second-order valence-electron chi connectivity index (χ2n) is 4.52. The maximum atomic E-state index is 12.3. The molecule has 1 amide bonds. The molecule has 3 nitrogen and oxygen atoms in total. The van der Waals surface area contributed by atoms with E-state index in [-0.39, 0.29) is 5.91 Å². The summed E-state index contributed by atoms with van der Waals surface area (Å²) in [7, 11) is 1.91. The lowest BCUT2D eigenvalue weighted by Crippen LogP contribution is -2.34. The van der Waals surface area contributed by atoms with Crippen molar-refractivity contribution in [2.75, 3.05) is 13.6 Å². The molecule has 0 radical (unpaired) electrons. The number of nitrogens with zero attached hydrogens (tertiary/aromatic N) is 1. The van der Waals surface area contributed by atoms with E-state index < -0.39 is 0 Å². The number of hydrogen-bond acceptors (Lipinski definition) is 3. The van der Waals surface area contributed by atoms with Gasteiger partial charge in [0.05, 0.1) is 16.3 Å². The first kappa shape index (κ1) is 13.1. The van der Waals surface area contributed by atoms with E-state index in [0.717, 1.165) is 22.6 Å². The molecule has 1 aromatic heterocycles. The summed E-state index contributed by atoms with van der Waals surface area (Å²) in [4.78, 5) is 15.8. The first-order chi connectivity index (χ1) is 8.72. The van der Waals surface area contributed by atoms with Crippen LogP contribution in [0, 0.1) is 11.8 Å². The summed E-state index contributed by atoms with van der Waals surface area (Å²) in [6.07, 6.45) is 4.74. The summed E-state index contributed by atoms with van der Waals surface area (Å²) in [5.74, 6) is 5.88. The number of hydrogen-bond donors (Lipinski definition) is 1. The summed E-state index contributed by atoms with van der Waals surface area (Å²) < 4.78 is 0. The molecule has 4 heteroatoms. The molecule has 2 rings (SSSR count). The Morgan fingerprint density at radius 1 is 1.50 bits per heavy atom. The van der Waals surface area contributed by atoms with Crippen molar-refractivity contribution >= 4 is 17.2 Å². The van der Waals surface area contributed by atoms with Gasteiger partial charge in [0.15, 0.2) is 0 Å². The quantitative estimate of drug-likeness (QED) is 0.829. The lowest BCUT2D eigenvalue weighted by molar-refractivity contribution is 0.0740. The van der Waals surface area contributed by atoms with Gasteiger partial charge in [0.1, 0.15) is 0 Å². The molecule has 1 aliphatic rings. The molecule has 0 atom stereocenters. The van der Waals surface area contributed by atoms with Crippen LogP contribution in [0.2, 0.25) is 0 Å². The SMILES string of the molecule is CN(C(=O)c1ccc(C#CCN)s1)C1CCCC1. The first-order valence-corrected chi connectivity index (χ1v) is 7.10. The van der Waals surface area contributed by atoms with Crippen LogP contribution >= 0.6 is 11.3 Å². The average molecular weight is 262 g/mol. The molecule has 0 unspecified atom stereocenters. The van der Waals surface area contributed by atoms with Crippen LogP contribution in [0.15, 0.2) is 12.1 Å². The average Bonchev–Trinajstić information content (AvgIpc) is 3.05. The first-order valence-electron chi connectivity index (χ1n) is 6.28. The van der Waals surface area contributed by atoms with Crippen LogP contribution in [-0.2, 0) is 0 Å². The van der Waals surface area contributed by atoms with Crippen molar-refractivity contribution in [3.8, 4) is 11.8 Å². The lowest BCUT2D eigenvalue weighted by atomic mass is 10.2. The van der Waals surface area contributed by atoms with Gasteiger partial charge in [-0.05, 0) is 25.0 Å². The van der Waals surface area contributed by atoms with E-state index in [0.29, 0.717) is 12.6 Å². The highest BCUT2D eigenvalue weighted by atomic mass is 32.1. The predicted octanol–water partition coefficient (Wildman–Crippen LogP) is 2.07. The lowest BCUT2D eigenvalue weighted by Gasteiger charge is -2.23. The van der Waals surface area contributed by atoms with Crippen molar-refractivity contribution in [1.82, 2.24) is 4.90 Å². The van der Waals surface area contributed by atoms with Crippen molar-refractivity contribution in [2.24, 2.45) is 5.73 Å². The summed E-state index contributed by atoms with van der Waals surface area (Å²) in [6, 6.07) is 4.17. The molecule has 0 bridgehead atoms. The Balaban J connectivity index is 2.06. The Morgan fingerprint density at radius 3 is 2.89 bits per heavy atom. The molecule has 1 aromatic rings. The highest BCUT2D eigenvalue weighted by Gasteiger charge is 2.24. The van der Waals surface area contributed by atoms with Gasteiger partial charge in [0, 0.05) is 13.1 Å². The van der Waals surface area contributed by atoms with Gasteiger partial charge in [-0.1, -0.05) is 24.7 Å². The molecule has 0 aliphatic heterocycles. The number of thiophene rings is 1. The van der Waals surface area contributed by atoms with Gasteiger partial charge in [0.25, 0.3) is 5.91 Å². The van der Waals surface area contributed by atoms with Crippen LogP contribution in [-0.4, -0.2) is 30.4 Å². The molecule has 0 aromatic carbocycles. The standard InChI is InChI=1S/C14H18N2OS/c1-16(11-5-2-3-6-11)14(17)13-9-8-12(18-13)7-4-10-15/h8-9,11H,2-3,5-6,10,15H2,1H3. The summed E-state index contributed by atoms with van der Waals surface area (Å²) in [5.41, 5.74) is 5.33. The Kier molecular flexibility index (Phi) is 4.40. The number of amides is 1. The van der Waals surface area contributed by atoms with Gasteiger partial charge in [-0.2, -0.15) is 0 Å². The molecular formula is C14H18N2OS. The number of carbonyl (C=O) groups is 1. The minimum atomic E-state index is 0.118. The normalized spacial score (nSPS) is 15.2. The fourth-order valence-electron chi connectivity index (χ4n) is 2.29. The molecule has 18 heavy (non-hydrogen) atoms. The topological polar surface area (TPSA) is 46.3 Å². The fraction of sp³-hybridized carbons (Fsp3) is 0.500. The van der Waals surface area contributed by atoms with Crippen LogP contribution in [0.1, 0.15) is 40.2 Å². The Bertz CT molecular complexity index is 477. The van der Waals surface area contributed by atoms with Crippen LogP contribution < -0.4 is 5.73 Å². The highest BCUT2D eigenvalue weighted by Crippen LogP contribution is 2.25. The minimum Gasteiger partial charge on any atom is -0.338 e. The molecule has 1 fully saturated rings. The fourth-order valence-corrected chi connectivity index (χ4v) is 3.15. The van der Waals surface area contributed by atoms with E-state index in [9.17, 15) is 4.79 Å². The van der Waals surface area contributed by atoms with Gasteiger partial charge in [-0.15, -0.1) is 11.3 Å². The van der Waals surface area contributed by atoms with E-state index in [1.165, 1.54) is 24.2 Å². The minimum absolute atomic E-state index is 0.118. The molecule has 0 saturated heterocycles. The van der Waals surface area contributed by atoms with Gasteiger partial charge >= 0.3 is 0 Å². The zero-order valence-electron chi connectivity index (χ0n) is 10.6. The van der Waals surface area contributed by atoms with Crippen molar-refractivity contribution in [1.29, 1.82) is 0 Å². The largest absolute Gasteiger partial charge is 0.338 e. The Morgan fingerprint density at radius 2 is 2.22 bits per heavy atom. The Hall–Kier alpha value is -1.31. The summed E-state index contributed by atoms with van der Waals surface area (Å²) >= 11 is 1.45. The number of carbonyl (C=O) groups excluding carboxylic acids is 1. The predicted molar refractivity (Wildman–Crippen MR) is 74.6 cm³/mol. The van der Waals surface area contributed by atoms with Gasteiger partial charge < -0.3 is 10.6 Å². The highest BCUT2D eigenvalue weighted by molar-refractivity contribution is 7.14. The second kappa shape index (κ2) is 6.03. The summed E-state index contributed by atoms with van der Waals surface area (Å²) in [6.45, 7) is 0.350. The van der Waals surface area contributed by atoms with E-state index in [1.54, 1.807) is 0 Å². The third kappa shape index (κ3) is 2.92.